The molecule has 2 aromatic heterocycles. The van der Waals surface area contributed by atoms with Crippen molar-refractivity contribution >= 4 is 64.5 Å². The predicted molar refractivity (Wildman–Crippen MR) is 212 cm³/mol. The summed E-state index contributed by atoms with van der Waals surface area (Å²) in [6, 6.07) is 30.8. The van der Waals surface area contributed by atoms with Gasteiger partial charge in [-0.3, -0.25) is 9.59 Å². The minimum atomic E-state index is -4.86. The molecule has 0 aliphatic heterocycles. The van der Waals surface area contributed by atoms with E-state index in [2.05, 4.69) is 30.7 Å². The van der Waals surface area contributed by atoms with Crippen LogP contribution in [-0.2, 0) is 37.6 Å². The Hall–Kier alpha value is -4.99. The second kappa shape index (κ2) is 20.7. The van der Waals surface area contributed by atoms with E-state index in [1.807, 2.05) is 0 Å². The molecule has 2 heterocycles. The Balaban J connectivity index is 0.000000320. The number of aromatic nitrogens is 4. The molecule has 307 valence electrons. The van der Waals surface area contributed by atoms with Crippen molar-refractivity contribution in [3.05, 3.63) is 153 Å². The summed E-state index contributed by atoms with van der Waals surface area (Å²) in [6.07, 6.45) is 0. The fourth-order valence-electron chi connectivity index (χ4n) is 6.14. The van der Waals surface area contributed by atoms with Crippen LogP contribution in [0.25, 0.3) is 32.9 Å². The molecule has 0 N–H and O–H groups in total. The first-order chi connectivity index (χ1) is 28.5. The van der Waals surface area contributed by atoms with Gasteiger partial charge in [-0.1, -0.05) is 110 Å². The Kier molecular flexibility index (Phi) is 16.6. The average molecular weight is 942 g/mol. The molecule has 0 aliphatic carbocycles. The first kappa shape index (κ1) is 50.7. The number of hydrogen-bond donors (Lipinski definition) is 0. The van der Waals surface area contributed by atoms with Gasteiger partial charge in [0.15, 0.2) is 0 Å². The minimum Gasteiger partial charge on any atom is -0.871 e. The van der Waals surface area contributed by atoms with E-state index >= 15 is 0 Å². The number of hydrogen-bond acceptors (Lipinski definition) is 14. The Morgan fingerprint density at radius 1 is 0.492 bits per heavy atom. The molecule has 0 amide bonds. The summed E-state index contributed by atoms with van der Waals surface area (Å²) >= 11 is 0. The predicted octanol–water partition coefficient (Wildman–Crippen LogP) is -0.583. The Morgan fingerprint density at radius 3 is 1.10 bits per heavy atom. The molecule has 63 heavy (non-hydrogen) atoms. The molecule has 8 rings (SSSR count). The zero-order valence-electron chi connectivity index (χ0n) is 34.4. The molecule has 0 saturated carbocycles. The maximum absolute atomic E-state index is 12.7. The van der Waals surface area contributed by atoms with Crippen molar-refractivity contribution in [1.82, 2.24) is 19.6 Å². The van der Waals surface area contributed by atoms with Crippen LogP contribution in [0.2, 0.25) is 0 Å². The van der Waals surface area contributed by atoms with Crippen molar-refractivity contribution in [2.75, 3.05) is 0 Å². The van der Waals surface area contributed by atoms with Gasteiger partial charge in [0.1, 0.15) is 31.6 Å². The third-order valence-corrected chi connectivity index (χ3v) is 10.7. The SMILES string of the molecule is Cc1[n-]n(-c2ccccc2)c(=O)c1N=Nc1c([O-])cc(S(=O)(=O)[O-])c2ccccc12.Cc1[n-]n(-c2ccccc2)c(=O)c1N=Nc1c([O-])cc(S(=O)(=O)[O-])c2ccccc12.[Cr+3].[H+].[Na+].[Na+]. The molecule has 18 nitrogen and oxygen atoms in total. The van der Waals surface area contributed by atoms with E-state index in [0.717, 1.165) is 12.1 Å². The maximum atomic E-state index is 12.7. The van der Waals surface area contributed by atoms with E-state index in [-0.39, 0.29) is 122 Å². The summed E-state index contributed by atoms with van der Waals surface area (Å²) in [6.45, 7) is 3.16. The van der Waals surface area contributed by atoms with Gasteiger partial charge in [0.2, 0.25) is 0 Å². The van der Waals surface area contributed by atoms with Crippen LogP contribution < -0.4 is 90.6 Å². The molecule has 1 radical (unpaired) electrons. The topological polar surface area (TPSA) is 282 Å². The first-order valence-electron chi connectivity index (χ1n) is 17.4. The summed E-state index contributed by atoms with van der Waals surface area (Å²) in [7, 11) is -9.72. The normalized spacial score (nSPS) is 11.5. The second-order valence-corrected chi connectivity index (χ2v) is 15.5. The summed E-state index contributed by atoms with van der Waals surface area (Å²) in [5.41, 5.74) is 0.223. The summed E-state index contributed by atoms with van der Waals surface area (Å²) < 4.78 is 71.4. The zero-order chi connectivity index (χ0) is 42.9. The van der Waals surface area contributed by atoms with Crippen molar-refractivity contribution in [1.29, 1.82) is 0 Å². The second-order valence-electron chi connectivity index (χ2n) is 12.8. The van der Waals surface area contributed by atoms with Crippen LogP contribution in [0.1, 0.15) is 12.8 Å². The largest absolute Gasteiger partial charge is 3.00 e. The van der Waals surface area contributed by atoms with E-state index in [9.17, 15) is 45.7 Å². The summed E-state index contributed by atoms with van der Waals surface area (Å²) in [5.74, 6) is -1.60. The molecule has 0 bridgehead atoms. The Bertz CT molecular complexity index is 3160. The van der Waals surface area contributed by atoms with Gasteiger partial charge in [0.05, 0.1) is 21.2 Å². The van der Waals surface area contributed by atoms with Crippen molar-refractivity contribution in [3.8, 4) is 22.9 Å². The van der Waals surface area contributed by atoms with Crippen molar-refractivity contribution in [3.63, 3.8) is 0 Å². The van der Waals surface area contributed by atoms with Crippen LogP contribution in [0.15, 0.2) is 161 Å². The van der Waals surface area contributed by atoms with Gasteiger partial charge in [-0.05, 0) is 36.4 Å². The first-order valence-corrected chi connectivity index (χ1v) is 20.2. The maximum Gasteiger partial charge on any atom is 3.00 e. The standard InChI is InChI=1S/2C20H16N4O5S.Cr.2Na/c2*1-12-18(20(26)24(23-12)13-7-3-2-4-8-13)21-22-19-15-10-6-5-9-14(15)17(11-16(19)25)30(27,28)29;;;/h2*2-11H,1H3,(H3,21,22,23,25,26,27,28,29);;;/q;;+3;2*+1/p-5. The molecular weight excluding hydrogens is 915 g/mol. The molecule has 0 atom stereocenters. The van der Waals surface area contributed by atoms with E-state index in [4.69, 9.17) is 0 Å². The Morgan fingerprint density at radius 2 is 0.778 bits per heavy atom. The minimum absolute atomic E-state index is 0. The van der Waals surface area contributed by atoms with Gasteiger partial charge in [0, 0.05) is 32.9 Å². The van der Waals surface area contributed by atoms with Gasteiger partial charge >= 0.3 is 77.9 Å². The van der Waals surface area contributed by atoms with Crippen LogP contribution in [-0.4, -0.2) is 35.3 Å². The van der Waals surface area contributed by atoms with E-state index in [1.54, 1.807) is 86.6 Å². The fraction of sp³-hybridized carbons (Fsp3) is 0.0500. The third-order valence-electron chi connectivity index (χ3n) is 8.90. The molecule has 0 unspecified atom stereocenters. The van der Waals surface area contributed by atoms with Crippen LogP contribution >= 0.6 is 0 Å². The molecule has 0 saturated heterocycles. The fourth-order valence-corrected chi connectivity index (χ4v) is 7.54. The van der Waals surface area contributed by atoms with E-state index in [0.29, 0.717) is 22.8 Å². The van der Waals surface area contributed by atoms with Crippen molar-refractivity contribution in [2.45, 2.75) is 23.6 Å². The quantitative estimate of drug-likeness (QED) is 0.105. The zero-order valence-corrected chi connectivity index (χ0v) is 40.3. The molecule has 0 fully saturated rings. The molecule has 8 aromatic rings. The van der Waals surface area contributed by atoms with Gasteiger partial charge in [-0.15, -0.1) is 21.6 Å². The van der Waals surface area contributed by atoms with Gasteiger partial charge in [-0.2, -0.15) is 10.2 Å². The number of nitrogens with zero attached hydrogens (tertiary/aromatic N) is 8. The van der Waals surface area contributed by atoms with E-state index < -0.39 is 52.6 Å². The van der Waals surface area contributed by atoms with Crippen LogP contribution in [0.5, 0.6) is 11.5 Å². The molecule has 6 aromatic carbocycles. The average Bonchev–Trinajstić information content (AvgIpc) is 3.68. The Labute approximate surface area is 414 Å². The number of benzene rings is 6. The summed E-state index contributed by atoms with van der Waals surface area (Å²) in [5, 5.41) is 49.4. The number of azo groups is 2. The van der Waals surface area contributed by atoms with Crippen molar-refractivity contribution < 1.29 is 114 Å². The molecular formula is C40H27CrN8Na2O10S2. The van der Waals surface area contributed by atoms with Gasteiger partial charge in [-0.25, -0.2) is 16.8 Å². The number of rotatable bonds is 8. The van der Waals surface area contributed by atoms with Gasteiger partial charge < -0.3 is 38.9 Å². The van der Waals surface area contributed by atoms with Crippen LogP contribution in [0.4, 0.5) is 22.7 Å². The smallest absolute Gasteiger partial charge is 0.871 e. The van der Waals surface area contributed by atoms with E-state index in [1.165, 1.54) is 45.8 Å². The monoisotopic (exact) mass is 941 g/mol. The molecule has 0 aliphatic rings. The third kappa shape index (κ3) is 10.7. The van der Waals surface area contributed by atoms with Crippen molar-refractivity contribution in [2.24, 2.45) is 20.5 Å². The van der Waals surface area contributed by atoms with Crippen LogP contribution in [0.3, 0.4) is 0 Å². The number of fused-ring (bicyclic) bond motifs is 2. The number of aryl methyl sites for hydroxylation is 2. The van der Waals surface area contributed by atoms with Crippen LogP contribution in [0, 0.1) is 13.8 Å². The summed E-state index contributed by atoms with van der Waals surface area (Å²) in [4.78, 5) is 24.1. The van der Waals surface area contributed by atoms with Gasteiger partial charge in [0.25, 0.3) is 11.1 Å². The molecule has 23 heteroatoms. The number of para-hydroxylation sites is 2. The molecule has 0 spiro atoms.